The van der Waals surface area contributed by atoms with Gasteiger partial charge in [-0.1, -0.05) is 13.2 Å². The summed E-state index contributed by atoms with van der Waals surface area (Å²) >= 11 is 0. The van der Waals surface area contributed by atoms with Gasteiger partial charge in [-0.3, -0.25) is 0 Å². The Hall–Kier alpha value is -0.960. The first-order chi connectivity index (χ1) is 7.99. The lowest BCUT2D eigenvalue weighted by Crippen LogP contribution is -2.37. The number of hydrogen-bond donors (Lipinski definition) is 2. The van der Waals surface area contributed by atoms with E-state index in [1.165, 1.54) is 25.7 Å². The predicted octanol–water partition coefficient (Wildman–Crippen LogP) is 2.33. The van der Waals surface area contributed by atoms with Crippen molar-refractivity contribution in [2.24, 2.45) is 0 Å². The summed E-state index contributed by atoms with van der Waals surface area (Å²) in [6.45, 7) is 9.38. The summed E-state index contributed by atoms with van der Waals surface area (Å²) in [5.41, 5.74) is 1.10. The van der Waals surface area contributed by atoms with E-state index in [4.69, 9.17) is 0 Å². The second-order valence-corrected chi connectivity index (χ2v) is 4.91. The molecule has 1 fully saturated rings. The van der Waals surface area contributed by atoms with Gasteiger partial charge < -0.3 is 15.5 Å². The Morgan fingerprint density at radius 2 is 1.59 bits per heavy atom. The molecule has 0 amide bonds. The molecule has 100 valence electrons. The van der Waals surface area contributed by atoms with Crippen LogP contribution >= 0.6 is 0 Å². The standard InChI is InChI=1S/C10H20N2.C4H9N/c1-8(2)12-10-6-4-9(11-3)5-7-10;1-4-5(2)3/h9-12H,1,4-7H2,2-3H3;4H,1H2,2-3H3. The quantitative estimate of drug-likeness (QED) is 0.788. The zero-order chi connectivity index (χ0) is 13.3. The van der Waals surface area contributed by atoms with Crippen LogP contribution in [-0.4, -0.2) is 38.1 Å². The van der Waals surface area contributed by atoms with Crippen LogP contribution in [0.4, 0.5) is 0 Å². The van der Waals surface area contributed by atoms with Gasteiger partial charge in [-0.2, -0.15) is 0 Å². The van der Waals surface area contributed by atoms with Crippen molar-refractivity contribution in [2.75, 3.05) is 21.1 Å². The molecule has 0 unspecified atom stereocenters. The summed E-state index contributed by atoms with van der Waals surface area (Å²) in [4.78, 5) is 1.89. The molecule has 1 saturated carbocycles. The van der Waals surface area contributed by atoms with E-state index in [1.807, 2.05) is 25.9 Å². The Morgan fingerprint density at radius 1 is 1.18 bits per heavy atom. The van der Waals surface area contributed by atoms with E-state index < -0.39 is 0 Å². The van der Waals surface area contributed by atoms with Crippen molar-refractivity contribution in [1.82, 2.24) is 15.5 Å². The topological polar surface area (TPSA) is 27.3 Å². The maximum absolute atomic E-state index is 3.86. The van der Waals surface area contributed by atoms with Gasteiger partial charge in [0.2, 0.25) is 0 Å². The van der Waals surface area contributed by atoms with E-state index in [-0.39, 0.29) is 0 Å². The van der Waals surface area contributed by atoms with Crippen LogP contribution in [-0.2, 0) is 0 Å². The molecule has 0 aliphatic heterocycles. The second-order valence-electron chi connectivity index (χ2n) is 4.91. The molecule has 0 radical (unpaired) electrons. The molecule has 1 aliphatic carbocycles. The summed E-state index contributed by atoms with van der Waals surface area (Å²) < 4.78 is 0. The third-order valence-corrected chi connectivity index (χ3v) is 2.95. The summed E-state index contributed by atoms with van der Waals surface area (Å²) in [7, 11) is 5.93. The first kappa shape index (κ1) is 16.0. The molecule has 0 spiro atoms. The first-order valence-corrected chi connectivity index (χ1v) is 6.37. The Labute approximate surface area is 107 Å². The van der Waals surface area contributed by atoms with Crippen molar-refractivity contribution in [3.8, 4) is 0 Å². The van der Waals surface area contributed by atoms with Gasteiger partial charge in [0.15, 0.2) is 0 Å². The molecule has 1 rings (SSSR count). The number of nitrogens with zero attached hydrogens (tertiary/aromatic N) is 1. The molecule has 0 atom stereocenters. The number of allylic oxidation sites excluding steroid dienone is 1. The fraction of sp³-hybridized carbons (Fsp3) is 0.714. The molecule has 0 aromatic carbocycles. The summed E-state index contributed by atoms with van der Waals surface area (Å²) in [6.07, 6.45) is 6.89. The van der Waals surface area contributed by atoms with Gasteiger partial charge in [-0.15, -0.1) is 0 Å². The molecule has 0 saturated heterocycles. The van der Waals surface area contributed by atoms with Gasteiger partial charge in [0, 0.05) is 31.9 Å². The highest BCUT2D eigenvalue weighted by Gasteiger charge is 2.18. The van der Waals surface area contributed by atoms with E-state index in [0.717, 1.165) is 11.7 Å². The van der Waals surface area contributed by atoms with E-state index in [2.05, 4.69) is 30.8 Å². The molecular weight excluding hydrogens is 210 g/mol. The van der Waals surface area contributed by atoms with Gasteiger partial charge in [0.05, 0.1) is 0 Å². The van der Waals surface area contributed by atoms with Crippen molar-refractivity contribution in [3.05, 3.63) is 25.1 Å². The van der Waals surface area contributed by atoms with Crippen molar-refractivity contribution in [1.29, 1.82) is 0 Å². The Bertz CT molecular complexity index is 216. The van der Waals surface area contributed by atoms with Crippen molar-refractivity contribution >= 4 is 0 Å². The SMILES string of the molecule is C=C(C)NC1CCC(NC)CC1.C=CN(C)C. The predicted molar refractivity (Wildman–Crippen MR) is 76.9 cm³/mol. The zero-order valence-corrected chi connectivity index (χ0v) is 11.9. The second kappa shape index (κ2) is 9.11. The van der Waals surface area contributed by atoms with Crippen LogP contribution < -0.4 is 10.6 Å². The van der Waals surface area contributed by atoms with Gasteiger partial charge >= 0.3 is 0 Å². The smallest absolute Gasteiger partial charge is 0.0259 e. The maximum Gasteiger partial charge on any atom is 0.0259 e. The van der Waals surface area contributed by atoms with Gasteiger partial charge in [-0.05, 0) is 45.9 Å². The van der Waals surface area contributed by atoms with Gasteiger partial charge in [0.1, 0.15) is 0 Å². The van der Waals surface area contributed by atoms with Crippen LogP contribution in [0.3, 0.4) is 0 Å². The van der Waals surface area contributed by atoms with Gasteiger partial charge in [-0.25, -0.2) is 0 Å². The lowest BCUT2D eigenvalue weighted by atomic mass is 9.91. The van der Waals surface area contributed by atoms with Crippen LogP contribution in [0.2, 0.25) is 0 Å². The molecule has 3 nitrogen and oxygen atoms in total. The molecule has 0 aromatic rings. The molecule has 0 aromatic heterocycles. The number of hydrogen-bond acceptors (Lipinski definition) is 3. The lowest BCUT2D eigenvalue weighted by Gasteiger charge is -2.29. The lowest BCUT2D eigenvalue weighted by molar-refractivity contribution is 0.332. The molecule has 3 heteroatoms. The molecule has 0 heterocycles. The molecular formula is C14H29N3. The highest BCUT2D eigenvalue weighted by molar-refractivity contribution is 4.91. The average molecular weight is 239 g/mol. The van der Waals surface area contributed by atoms with Gasteiger partial charge in [0.25, 0.3) is 0 Å². The monoisotopic (exact) mass is 239 g/mol. The zero-order valence-electron chi connectivity index (χ0n) is 11.9. The van der Waals surface area contributed by atoms with Crippen LogP contribution in [0.15, 0.2) is 25.1 Å². The highest BCUT2D eigenvalue weighted by Crippen LogP contribution is 2.18. The molecule has 0 bridgehead atoms. The average Bonchev–Trinajstić information content (AvgIpc) is 2.30. The van der Waals surface area contributed by atoms with Crippen molar-refractivity contribution in [3.63, 3.8) is 0 Å². The van der Waals surface area contributed by atoms with Crippen LogP contribution in [0.25, 0.3) is 0 Å². The van der Waals surface area contributed by atoms with E-state index in [0.29, 0.717) is 6.04 Å². The minimum absolute atomic E-state index is 0.673. The fourth-order valence-corrected chi connectivity index (χ4v) is 1.87. The minimum atomic E-state index is 0.673. The van der Waals surface area contributed by atoms with E-state index in [9.17, 15) is 0 Å². The fourth-order valence-electron chi connectivity index (χ4n) is 1.87. The van der Waals surface area contributed by atoms with E-state index in [1.54, 1.807) is 6.20 Å². The van der Waals surface area contributed by atoms with Crippen molar-refractivity contribution < 1.29 is 0 Å². The largest absolute Gasteiger partial charge is 0.386 e. The molecule has 1 aliphatic rings. The van der Waals surface area contributed by atoms with E-state index >= 15 is 0 Å². The Balaban J connectivity index is 0.000000437. The number of nitrogens with one attached hydrogen (secondary N) is 2. The summed E-state index contributed by atoms with van der Waals surface area (Å²) in [5.74, 6) is 0. The van der Waals surface area contributed by atoms with Crippen molar-refractivity contribution in [2.45, 2.75) is 44.7 Å². The van der Waals surface area contributed by atoms with Crippen LogP contribution in [0.1, 0.15) is 32.6 Å². The number of rotatable bonds is 4. The third kappa shape index (κ3) is 8.81. The van der Waals surface area contributed by atoms with Crippen LogP contribution in [0.5, 0.6) is 0 Å². The summed E-state index contributed by atoms with van der Waals surface area (Å²) in [6, 6.07) is 1.42. The minimum Gasteiger partial charge on any atom is -0.386 e. The Morgan fingerprint density at radius 3 is 1.88 bits per heavy atom. The maximum atomic E-state index is 3.86. The normalized spacial score (nSPS) is 23.1. The Kier molecular flexibility index (Phi) is 8.60. The van der Waals surface area contributed by atoms with Crippen LogP contribution in [0, 0.1) is 0 Å². The molecule has 17 heavy (non-hydrogen) atoms. The molecule has 2 N–H and O–H groups in total. The summed E-state index contributed by atoms with van der Waals surface area (Å²) in [5, 5.41) is 6.73. The first-order valence-electron chi connectivity index (χ1n) is 6.37. The third-order valence-electron chi connectivity index (χ3n) is 2.95. The highest BCUT2D eigenvalue weighted by atomic mass is 15.0.